The SMILES string of the molecule is [B]C(=O)N1CCN(CC(COc2ccc3sc(C)nc3c2)N=O)CC1. The molecule has 0 saturated carbocycles. The van der Waals surface area contributed by atoms with E-state index in [0.717, 1.165) is 15.2 Å². The number of benzene rings is 1. The van der Waals surface area contributed by atoms with Gasteiger partial charge in [0.1, 0.15) is 18.4 Å². The lowest BCUT2D eigenvalue weighted by atomic mass is 10.1. The highest BCUT2D eigenvalue weighted by Crippen LogP contribution is 2.25. The van der Waals surface area contributed by atoms with Crippen molar-refractivity contribution >= 4 is 35.2 Å². The highest BCUT2D eigenvalue weighted by Gasteiger charge is 2.22. The first-order chi connectivity index (χ1) is 12.0. The van der Waals surface area contributed by atoms with Crippen molar-refractivity contribution in [1.29, 1.82) is 0 Å². The van der Waals surface area contributed by atoms with Crippen molar-refractivity contribution < 1.29 is 9.53 Å². The Balaban J connectivity index is 1.51. The first kappa shape index (κ1) is 17.8. The van der Waals surface area contributed by atoms with Crippen LogP contribution in [0.25, 0.3) is 10.2 Å². The number of hydrogen-bond acceptors (Lipinski definition) is 7. The standard InChI is InChI=1S/C16H19BN4O3S/c1-11-18-14-8-13(2-3-15(14)25-11)24-10-12(19-23)9-20-4-6-21(7-5-20)16(17)22/h2-3,8,12H,4-7,9-10H2,1H3. The number of thiazole rings is 1. The maximum atomic E-state index is 11.1. The first-order valence-electron chi connectivity index (χ1n) is 8.14. The molecular weight excluding hydrogens is 339 g/mol. The lowest BCUT2D eigenvalue weighted by Crippen LogP contribution is -2.50. The quantitative estimate of drug-likeness (QED) is 0.583. The molecule has 9 heteroatoms. The third-order valence-electron chi connectivity index (χ3n) is 4.21. The van der Waals surface area contributed by atoms with Gasteiger partial charge in [0.25, 0.3) is 0 Å². The molecular formula is C16H19BN4O3S. The van der Waals surface area contributed by atoms with Crippen LogP contribution in [-0.2, 0) is 0 Å². The molecule has 1 saturated heterocycles. The van der Waals surface area contributed by atoms with Crippen LogP contribution in [0.1, 0.15) is 5.01 Å². The summed E-state index contributed by atoms with van der Waals surface area (Å²) in [7, 11) is 5.27. The van der Waals surface area contributed by atoms with Crippen LogP contribution in [0.2, 0.25) is 0 Å². The van der Waals surface area contributed by atoms with Crippen LogP contribution in [0.15, 0.2) is 23.4 Å². The number of fused-ring (bicyclic) bond motifs is 1. The van der Waals surface area contributed by atoms with Gasteiger partial charge in [0.05, 0.1) is 15.2 Å². The van der Waals surface area contributed by atoms with Gasteiger partial charge in [-0.3, -0.25) is 9.69 Å². The number of carbonyl (C=O) groups is 1. The Bertz CT molecular complexity index is 761. The molecule has 2 aromatic rings. The molecule has 25 heavy (non-hydrogen) atoms. The molecule has 1 aliphatic rings. The molecule has 1 unspecified atom stereocenters. The molecule has 7 nitrogen and oxygen atoms in total. The molecule has 1 aromatic carbocycles. The lowest BCUT2D eigenvalue weighted by molar-refractivity contribution is 0.139. The highest BCUT2D eigenvalue weighted by atomic mass is 32.1. The van der Waals surface area contributed by atoms with E-state index >= 15 is 0 Å². The zero-order chi connectivity index (χ0) is 17.8. The van der Waals surface area contributed by atoms with Crippen LogP contribution in [0.5, 0.6) is 5.75 Å². The molecule has 0 aliphatic carbocycles. The summed E-state index contributed by atoms with van der Waals surface area (Å²) in [6.07, 6.45) is 0. The average molecular weight is 358 g/mol. The molecule has 0 N–H and O–H groups in total. The van der Waals surface area contributed by atoms with E-state index in [1.807, 2.05) is 25.1 Å². The van der Waals surface area contributed by atoms with E-state index in [9.17, 15) is 9.70 Å². The zero-order valence-electron chi connectivity index (χ0n) is 14.1. The van der Waals surface area contributed by atoms with Crippen molar-refractivity contribution in [3.63, 3.8) is 0 Å². The fourth-order valence-corrected chi connectivity index (χ4v) is 3.68. The van der Waals surface area contributed by atoms with Crippen LogP contribution in [0.4, 0.5) is 4.79 Å². The van der Waals surface area contributed by atoms with Gasteiger partial charge in [0.2, 0.25) is 7.85 Å². The molecule has 2 heterocycles. The van der Waals surface area contributed by atoms with Crippen LogP contribution in [-0.4, -0.2) is 73.8 Å². The van der Waals surface area contributed by atoms with Gasteiger partial charge in [0, 0.05) is 38.8 Å². The minimum absolute atomic E-state index is 0.216. The molecule has 1 amide bonds. The monoisotopic (exact) mass is 358 g/mol. The van der Waals surface area contributed by atoms with Gasteiger partial charge in [-0.15, -0.1) is 11.3 Å². The van der Waals surface area contributed by atoms with Gasteiger partial charge < -0.3 is 9.64 Å². The first-order valence-corrected chi connectivity index (χ1v) is 8.96. The van der Waals surface area contributed by atoms with Gasteiger partial charge in [-0.1, -0.05) is 5.18 Å². The fraction of sp³-hybridized carbons (Fsp3) is 0.500. The second-order valence-corrected chi connectivity index (χ2v) is 7.29. The number of amides is 1. The van der Waals surface area contributed by atoms with Gasteiger partial charge in [-0.2, -0.15) is 4.91 Å². The number of nitrogens with zero attached hydrogens (tertiary/aromatic N) is 4. The minimum atomic E-state index is -0.465. The van der Waals surface area contributed by atoms with E-state index in [-0.39, 0.29) is 6.61 Å². The predicted octanol–water partition coefficient (Wildman–Crippen LogP) is 2.02. The topological polar surface area (TPSA) is 75.1 Å². The van der Waals surface area contributed by atoms with Gasteiger partial charge in [-0.25, -0.2) is 4.98 Å². The molecule has 1 fully saturated rings. The summed E-state index contributed by atoms with van der Waals surface area (Å²) >= 11 is 1.64. The minimum Gasteiger partial charge on any atom is -0.491 e. The van der Waals surface area contributed by atoms with E-state index in [4.69, 9.17) is 12.6 Å². The molecule has 1 aromatic heterocycles. The molecule has 0 spiro atoms. The normalized spacial score (nSPS) is 16.8. The summed E-state index contributed by atoms with van der Waals surface area (Å²) in [6.45, 7) is 5.19. The smallest absolute Gasteiger partial charge is 0.200 e. The van der Waals surface area contributed by atoms with E-state index < -0.39 is 11.8 Å². The second kappa shape index (κ2) is 7.92. The van der Waals surface area contributed by atoms with E-state index in [1.54, 1.807) is 16.2 Å². The lowest BCUT2D eigenvalue weighted by Gasteiger charge is -2.35. The summed E-state index contributed by atoms with van der Waals surface area (Å²) in [6, 6.07) is 5.27. The number of carbonyl (C=O) groups excluding carboxylic acids is 1. The van der Waals surface area contributed by atoms with Crippen molar-refractivity contribution in [3.8, 4) is 5.75 Å². The fourth-order valence-electron chi connectivity index (χ4n) is 2.87. The van der Waals surface area contributed by atoms with Crippen LogP contribution < -0.4 is 4.74 Å². The Morgan fingerprint density at radius 2 is 2.16 bits per heavy atom. The Kier molecular flexibility index (Phi) is 5.65. The number of ether oxygens (including phenoxy) is 1. The number of piperazine rings is 1. The molecule has 3 rings (SSSR count). The van der Waals surface area contributed by atoms with Gasteiger partial charge in [0.15, 0.2) is 5.81 Å². The van der Waals surface area contributed by atoms with Crippen LogP contribution in [0.3, 0.4) is 0 Å². The Labute approximate surface area is 151 Å². The highest BCUT2D eigenvalue weighted by molar-refractivity contribution is 7.18. The molecule has 130 valence electrons. The van der Waals surface area contributed by atoms with E-state index in [2.05, 4.69) is 15.1 Å². The number of aromatic nitrogens is 1. The largest absolute Gasteiger partial charge is 0.491 e. The van der Waals surface area contributed by atoms with E-state index in [1.165, 1.54) is 0 Å². The van der Waals surface area contributed by atoms with Crippen molar-refractivity contribution in [2.24, 2.45) is 5.18 Å². The summed E-state index contributed by atoms with van der Waals surface area (Å²) in [4.78, 5) is 30.4. The summed E-state index contributed by atoms with van der Waals surface area (Å²) in [5.41, 5.74) is 0.901. The Morgan fingerprint density at radius 3 is 2.84 bits per heavy atom. The number of hydrogen-bond donors (Lipinski definition) is 0. The van der Waals surface area contributed by atoms with Crippen molar-refractivity contribution in [2.45, 2.75) is 13.0 Å². The third kappa shape index (κ3) is 4.55. The van der Waals surface area contributed by atoms with E-state index in [0.29, 0.717) is 38.5 Å². The van der Waals surface area contributed by atoms with Crippen LogP contribution >= 0.6 is 11.3 Å². The number of aryl methyl sites for hydroxylation is 1. The maximum Gasteiger partial charge on any atom is 0.200 e. The molecule has 1 atom stereocenters. The zero-order valence-corrected chi connectivity index (χ0v) is 14.9. The van der Waals surface area contributed by atoms with Crippen LogP contribution in [0, 0.1) is 11.8 Å². The van der Waals surface area contributed by atoms with Crippen molar-refractivity contribution in [2.75, 3.05) is 39.3 Å². The summed E-state index contributed by atoms with van der Waals surface area (Å²) in [5, 5.41) is 4.19. The second-order valence-electron chi connectivity index (χ2n) is 6.06. The summed E-state index contributed by atoms with van der Waals surface area (Å²) in [5.74, 6) is 0.283. The van der Waals surface area contributed by atoms with Crippen molar-refractivity contribution in [1.82, 2.24) is 14.8 Å². The molecule has 1 aliphatic heterocycles. The number of nitroso groups, excluding NO2 is 1. The molecule has 2 radical (unpaired) electrons. The number of rotatable bonds is 6. The van der Waals surface area contributed by atoms with Gasteiger partial charge in [-0.05, 0) is 19.1 Å². The Hall–Kier alpha value is -2.00. The van der Waals surface area contributed by atoms with Gasteiger partial charge >= 0.3 is 0 Å². The van der Waals surface area contributed by atoms with Crippen molar-refractivity contribution in [3.05, 3.63) is 28.1 Å². The third-order valence-corrected chi connectivity index (χ3v) is 5.16. The summed E-state index contributed by atoms with van der Waals surface area (Å²) < 4.78 is 6.85. The maximum absolute atomic E-state index is 11.1. The average Bonchev–Trinajstić information content (AvgIpc) is 2.98. The predicted molar refractivity (Wildman–Crippen MR) is 98.6 cm³/mol. The molecule has 0 bridgehead atoms. The Morgan fingerprint density at radius 1 is 1.40 bits per heavy atom.